The van der Waals surface area contributed by atoms with Crippen molar-refractivity contribution >= 4 is 29.5 Å². The lowest BCUT2D eigenvalue weighted by Crippen LogP contribution is -2.41. The first-order chi connectivity index (χ1) is 11.2. The zero-order valence-corrected chi connectivity index (χ0v) is 14.7. The van der Waals surface area contributed by atoms with Crippen molar-refractivity contribution in [2.75, 3.05) is 6.54 Å². The van der Waals surface area contributed by atoms with Crippen molar-refractivity contribution in [2.24, 2.45) is 0 Å². The van der Waals surface area contributed by atoms with Gasteiger partial charge in [-0.2, -0.15) is 0 Å². The summed E-state index contributed by atoms with van der Waals surface area (Å²) in [5, 5.41) is 3.07. The van der Waals surface area contributed by atoms with Crippen LogP contribution in [0.25, 0.3) is 0 Å². The molecule has 0 aliphatic heterocycles. The third-order valence-electron chi connectivity index (χ3n) is 2.67. The number of hydrogen-bond donors (Lipinski definition) is 3. The summed E-state index contributed by atoms with van der Waals surface area (Å²) in [7, 11) is 0. The molecule has 24 heavy (non-hydrogen) atoms. The van der Waals surface area contributed by atoms with Crippen LogP contribution in [0.4, 0.5) is 4.79 Å². The fourth-order valence-electron chi connectivity index (χ4n) is 1.62. The van der Waals surface area contributed by atoms with Crippen molar-refractivity contribution in [1.82, 2.24) is 16.2 Å². The molecule has 1 aromatic rings. The van der Waals surface area contributed by atoms with E-state index in [4.69, 9.17) is 16.3 Å². The van der Waals surface area contributed by atoms with Crippen LogP contribution < -0.4 is 16.2 Å². The van der Waals surface area contributed by atoms with E-state index in [1.807, 2.05) is 0 Å². The lowest BCUT2D eigenvalue weighted by Gasteiger charge is -2.19. The smallest absolute Gasteiger partial charge is 0.407 e. The molecule has 0 spiro atoms. The maximum Gasteiger partial charge on any atom is 0.407 e. The molecule has 0 radical (unpaired) electrons. The number of rotatable bonds is 5. The SMILES string of the molecule is CC(C)(C)OC(=O)NCCCC(=O)NNC(=O)c1ccc(Cl)cc1. The number of carbonyl (C=O) groups excluding carboxylic acids is 3. The van der Waals surface area contributed by atoms with E-state index in [0.29, 0.717) is 23.6 Å². The monoisotopic (exact) mass is 355 g/mol. The first kappa shape index (κ1) is 19.8. The molecule has 1 aromatic carbocycles. The van der Waals surface area contributed by atoms with E-state index in [-0.39, 0.29) is 12.3 Å². The molecule has 132 valence electrons. The number of halogens is 1. The van der Waals surface area contributed by atoms with Gasteiger partial charge in [0.25, 0.3) is 5.91 Å². The maximum atomic E-state index is 11.8. The minimum Gasteiger partial charge on any atom is -0.444 e. The molecule has 7 nitrogen and oxygen atoms in total. The number of alkyl carbamates (subject to hydrolysis) is 1. The van der Waals surface area contributed by atoms with E-state index in [0.717, 1.165) is 0 Å². The Morgan fingerprint density at radius 1 is 1.08 bits per heavy atom. The molecule has 0 atom stereocenters. The zero-order chi connectivity index (χ0) is 18.2. The number of nitrogens with one attached hydrogen (secondary N) is 3. The van der Waals surface area contributed by atoms with Crippen molar-refractivity contribution in [3.05, 3.63) is 34.9 Å². The van der Waals surface area contributed by atoms with Gasteiger partial charge in [-0.15, -0.1) is 0 Å². The average molecular weight is 356 g/mol. The van der Waals surface area contributed by atoms with E-state index in [2.05, 4.69) is 16.2 Å². The van der Waals surface area contributed by atoms with Gasteiger partial charge in [0.05, 0.1) is 0 Å². The third kappa shape index (κ3) is 8.38. The Morgan fingerprint density at radius 2 is 1.71 bits per heavy atom. The van der Waals surface area contributed by atoms with Crippen LogP contribution in [0.1, 0.15) is 44.0 Å². The Bertz CT molecular complexity index is 582. The molecule has 0 bridgehead atoms. The van der Waals surface area contributed by atoms with Crippen molar-refractivity contribution < 1.29 is 19.1 Å². The lowest BCUT2D eigenvalue weighted by atomic mass is 10.2. The minimum absolute atomic E-state index is 0.149. The molecule has 0 unspecified atom stereocenters. The van der Waals surface area contributed by atoms with Crippen LogP contribution in [0, 0.1) is 0 Å². The summed E-state index contributed by atoms with van der Waals surface area (Å²) in [6.07, 6.45) is 0.0393. The van der Waals surface area contributed by atoms with Crippen LogP contribution in [0.2, 0.25) is 5.02 Å². The number of amides is 3. The normalized spacial score (nSPS) is 10.7. The van der Waals surface area contributed by atoms with Gasteiger partial charge in [-0.1, -0.05) is 11.6 Å². The zero-order valence-electron chi connectivity index (χ0n) is 13.9. The molecule has 8 heteroatoms. The van der Waals surface area contributed by atoms with E-state index >= 15 is 0 Å². The Labute approximate surface area is 146 Å². The average Bonchev–Trinajstić information content (AvgIpc) is 2.48. The van der Waals surface area contributed by atoms with Gasteiger partial charge in [-0.25, -0.2) is 4.79 Å². The summed E-state index contributed by atoms with van der Waals surface area (Å²) in [5.41, 5.74) is 4.43. The molecule has 0 aliphatic rings. The van der Waals surface area contributed by atoms with Gasteiger partial charge in [-0.3, -0.25) is 20.4 Å². The van der Waals surface area contributed by atoms with E-state index < -0.39 is 17.6 Å². The quantitative estimate of drug-likeness (QED) is 0.558. The second kappa shape index (κ2) is 9.12. The predicted octanol–water partition coefficient (Wildman–Crippen LogP) is 2.41. The van der Waals surface area contributed by atoms with Crippen molar-refractivity contribution in [3.63, 3.8) is 0 Å². The van der Waals surface area contributed by atoms with Crippen molar-refractivity contribution in [2.45, 2.75) is 39.2 Å². The highest BCUT2D eigenvalue weighted by Crippen LogP contribution is 2.09. The van der Waals surface area contributed by atoms with Crippen LogP contribution in [0.3, 0.4) is 0 Å². The van der Waals surface area contributed by atoms with Crippen LogP contribution in [0.15, 0.2) is 24.3 Å². The van der Waals surface area contributed by atoms with E-state index in [9.17, 15) is 14.4 Å². The largest absolute Gasteiger partial charge is 0.444 e. The molecule has 0 heterocycles. The van der Waals surface area contributed by atoms with Gasteiger partial charge in [0.15, 0.2) is 0 Å². The highest BCUT2D eigenvalue weighted by atomic mass is 35.5. The predicted molar refractivity (Wildman–Crippen MR) is 90.5 cm³/mol. The summed E-state index contributed by atoms with van der Waals surface area (Å²) in [6, 6.07) is 6.27. The van der Waals surface area contributed by atoms with E-state index in [1.54, 1.807) is 45.0 Å². The van der Waals surface area contributed by atoms with Crippen LogP contribution >= 0.6 is 11.6 Å². The Morgan fingerprint density at radius 3 is 2.29 bits per heavy atom. The van der Waals surface area contributed by atoms with Gasteiger partial charge in [0.1, 0.15) is 5.60 Å². The summed E-state index contributed by atoms with van der Waals surface area (Å²) >= 11 is 5.73. The standard InChI is InChI=1S/C16H22ClN3O4/c1-16(2,3)24-15(23)18-10-4-5-13(21)19-20-14(22)11-6-8-12(17)9-7-11/h6-9H,4-5,10H2,1-3H3,(H,18,23)(H,19,21)(H,20,22). The maximum absolute atomic E-state index is 11.8. The number of carbonyl (C=O) groups is 3. The molecule has 0 aliphatic carbocycles. The molecule has 0 saturated carbocycles. The summed E-state index contributed by atoms with van der Waals surface area (Å²) < 4.78 is 5.06. The number of benzene rings is 1. The molecule has 1 rings (SSSR count). The molecule has 0 fully saturated rings. The van der Waals surface area contributed by atoms with E-state index in [1.165, 1.54) is 0 Å². The minimum atomic E-state index is -0.562. The van der Waals surface area contributed by atoms with Crippen LogP contribution in [0.5, 0.6) is 0 Å². The number of hydrogen-bond acceptors (Lipinski definition) is 4. The highest BCUT2D eigenvalue weighted by molar-refractivity contribution is 6.30. The number of hydrazine groups is 1. The molecule has 3 N–H and O–H groups in total. The molecule has 0 saturated heterocycles. The Kier molecular flexibility index (Phi) is 7.51. The fraction of sp³-hybridized carbons (Fsp3) is 0.438. The topological polar surface area (TPSA) is 96.5 Å². The van der Waals surface area contributed by atoms with Gasteiger partial charge in [0.2, 0.25) is 5.91 Å². The van der Waals surface area contributed by atoms with Crippen molar-refractivity contribution in [1.29, 1.82) is 0 Å². The summed E-state index contributed by atoms with van der Waals surface area (Å²) in [5.74, 6) is -0.796. The summed E-state index contributed by atoms with van der Waals surface area (Å²) in [4.78, 5) is 34.8. The molecule has 3 amide bonds. The van der Waals surface area contributed by atoms with Crippen LogP contribution in [-0.2, 0) is 9.53 Å². The first-order valence-electron chi connectivity index (χ1n) is 7.49. The Hall–Kier alpha value is -2.28. The molecular weight excluding hydrogens is 334 g/mol. The highest BCUT2D eigenvalue weighted by Gasteiger charge is 2.15. The second-order valence-corrected chi connectivity index (χ2v) is 6.48. The lowest BCUT2D eigenvalue weighted by molar-refractivity contribution is -0.121. The number of ether oxygens (including phenoxy) is 1. The second-order valence-electron chi connectivity index (χ2n) is 6.04. The van der Waals surface area contributed by atoms with Gasteiger partial charge >= 0.3 is 6.09 Å². The van der Waals surface area contributed by atoms with Gasteiger partial charge < -0.3 is 10.1 Å². The molecular formula is C16H22ClN3O4. The van der Waals surface area contributed by atoms with Crippen molar-refractivity contribution in [3.8, 4) is 0 Å². The molecule has 0 aromatic heterocycles. The Balaban J connectivity index is 2.19. The fourth-order valence-corrected chi connectivity index (χ4v) is 1.74. The van der Waals surface area contributed by atoms with Gasteiger partial charge in [-0.05, 0) is 51.5 Å². The van der Waals surface area contributed by atoms with Gasteiger partial charge in [0, 0.05) is 23.6 Å². The third-order valence-corrected chi connectivity index (χ3v) is 2.92. The summed E-state index contributed by atoms with van der Waals surface area (Å²) in [6.45, 7) is 5.60. The first-order valence-corrected chi connectivity index (χ1v) is 7.87. The van der Waals surface area contributed by atoms with Crippen LogP contribution in [-0.4, -0.2) is 30.1 Å².